The summed E-state index contributed by atoms with van der Waals surface area (Å²) in [7, 11) is 0. The number of aromatic hydroxyl groups is 1. The molecule has 0 aliphatic carbocycles. The molecule has 0 unspecified atom stereocenters. The van der Waals surface area contributed by atoms with Gasteiger partial charge in [0.05, 0.1) is 5.69 Å². The summed E-state index contributed by atoms with van der Waals surface area (Å²) in [6, 6.07) is 7.67. The molecule has 1 aromatic heterocycles. The number of carbonyl (C=O) groups is 1. The van der Waals surface area contributed by atoms with Crippen LogP contribution < -0.4 is 5.32 Å². The number of halogens is 1. The molecular formula is C14H14FNO2S. The second-order valence-electron chi connectivity index (χ2n) is 4.15. The van der Waals surface area contributed by atoms with Crippen molar-refractivity contribution in [3.63, 3.8) is 0 Å². The normalized spacial score (nSPS) is 10.4. The maximum atomic E-state index is 13.4. The number of amides is 1. The minimum absolute atomic E-state index is 0.0962. The summed E-state index contributed by atoms with van der Waals surface area (Å²) in [5, 5.41) is 13.6. The van der Waals surface area contributed by atoms with Crippen molar-refractivity contribution in [1.82, 2.24) is 0 Å². The van der Waals surface area contributed by atoms with Crippen LogP contribution in [0.1, 0.15) is 17.7 Å². The number of phenolic OH excluding ortho intramolecular Hbond substituents is 1. The lowest BCUT2D eigenvalue weighted by Gasteiger charge is -2.06. The van der Waals surface area contributed by atoms with E-state index in [0.717, 1.165) is 18.9 Å². The standard InChI is InChI=1S/C14H14FNO2S/c15-12-9-10(17)6-7-13(12)16-14(18)5-1-3-11-4-2-8-19-11/h2,4,6-9,17H,1,3,5H2,(H,16,18). The fourth-order valence-electron chi connectivity index (χ4n) is 1.70. The van der Waals surface area contributed by atoms with E-state index >= 15 is 0 Å². The Hall–Kier alpha value is -1.88. The summed E-state index contributed by atoms with van der Waals surface area (Å²) >= 11 is 1.66. The van der Waals surface area contributed by atoms with Crippen molar-refractivity contribution in [1.29, 1.82) is 0 Å². The molecule has 0 radical (unpaired) electrons. The number of phenols is 1. The van der Waals surface area contributed by atoms with Crippen LogP contribution in [0.3, 0.4) is 0 Å². The van der Waals surface area contributed by atoms with Crippen molar-refractivity contribution < 1.29 is 14.3 Å². The highest BCUT2D eigenvalue weighted by Gasteiger charge is 2.07. The molecule has 0 atom stereocenters. The van der Waals surface area contributed by atoms with Crippen LogP contribution in [0.2, 0.25) is 0 Å². The molecule has 1 amide bonds. The van der Waals surface area contributed by atoms with Gasteiger partial charge in [-0.3, -0.25) is 4.79 Å². The Morgan fingerprint density at radius 3 is 2.89 bits per heavy atom. The largest absolute Gasteiger partial charge is 0.508 e. The van der Waals surface area contributed by atoms with Crippen molar-refractivity contribution in [3.05, 3.63) is 46.4 Å². The van der Waals surface area contributed by atoms with Crippen LogP contribution in [0.5, 0.6) is 5.75 Å². The van der Waals surface area contributed by atoms with Gasteiger partial charge in [-0.2, -0.15) is 0 Å². The number of hydrogen-bond donors (Lipinski definition) is 2. The maximum absolute atomic E-state index is 13.4. The van der Waals surface area contributed by atoms with E-state index in [0.29, 0.717) is 6.42 Å². The molecule has 0 spiro atoms. The van der Waals surface area contributed by atoms with Crippen LogP contribution in [0, 0.1) is 5.82 Å². The molecular weight excluding hydrogens is 265 g/mol. The molecule has 100 valence electrons. The average molecular weight is 279 g/mol. The Labute approximate surface area is 114 Å². The molecule has 0 fully saturated rings. The highest BCUT2D eigenvalue weighted by molar-refractivity contribution is 7.09. The van der Waals surface area contributed by atoms with Gasteiger partial charge in [0.25, 0.3) is 0 Å². The van der Waals surface area contributed by atoms with Gasteiger partial charge < -0.3 is 10.4 Å². The van der Waals surface area contributed by atoms with Crippen molar-refractivity contribution in [2.45, 2.75) is 19.3 Å². The van der Waals surface area contributed by atoms with Gasteiger partial charge >= 0.3 is 0 Å². The first-order valence-electron chi connectivity index (χ1n) is 5.96. The number of hydrogen-bond acceptors (Lipinski definition) is 3. The third-order valence-corrected chi connectivity index (χ3v) is 3.57. The van der Waals surface area contributed by atoms with Gasteiger partial charge in [-0.1, -0.05) is 6.07 Å². The summed E-state index contributed by atoms with van der Waals surface area (Å²) in [6.45, 7) is 0. The lowest BCUT2D eigenvalue weighted by Crippen LogP contribution is -2.12. The molecule has 1 heterocycles. The zero-order valence-electron chi connectivity index (χ0n) is 10.2. The van der Waals surface area contributed by atoms with E-state index in [4.69, 9.17) is 5.11 Å². The van der Waals surface area contributed by atoms with E-state index in [1.807, 2.05) is 17.5 Å². The number of aryl methyl sites for hydroxylation is 1. The minimum Gasteiger partial charge on any atom is -0.508 e. The Kier molecular flexibility index (Phi) is 4.52. The molecule has 5 heteroatoms. The van der Waals surface area contributed by atoms with Crippen molar-refractivity contribution in [3.8, 4) is 5.75 Å². The number of rotatable bonds is 5. The minimum atomic E-state index is -0.633. The number of benzene rings is 1. The summed E-state index contributed by atoms with van der Waals surface area (Å²) in [4.78, 5) is 12.9. The smallest absolute Gasteiger partial charge is 0.224 e. The predicted octanol–water partition coefficient (Wildman–Crippen LogP) is 3.55. The molecule has 2 rings (SSSR count). The summed E-state index contributed by atoms with van der Waals surface area (Å²) in [5.74, 6) is -1.01. The number of carbonyl (C=O) groups excluding carboxylic acids is 1. The number of thiophene rings is 1. The van der Waals surface area contributed by atoms with Gasteiger partial charge in [0, 0.05) is 17.4 Å². The molecule has 0 bridgehead atoms. The highest BCUT2D eigenvalue weighted by Crippen LogP contribution is 2.20. The second kappa shape index (κ2) is 6.33. The van der Waals surface area contributed by atoms with Gasteiger partial charge in [-0.25, -0.2) is 4.39 Å². The first-order chi connectivity index (χ1) is 9.15. The zero-order chi connectivity index (χ0) is 13.7. The SMILES string of the molecule is O=C(CCCc1cccs1)Nc1ccc(O)cc1F. The maximum Gasteiger partial charge on any atom is 0.224 e. The second-order valence-corrected chi connectivity index (χ2v) is 5.18. The van der Waals surface area contributed by atoms with Crippen molar-refractivity contribution >= 4 is 22.9 Å². The first kappa shape index (κ1) is 13.5. The van der Waals surface area contributed by atoms with Gasteiger partial charge in [0.15, 0.2) is 0 Å². The fraction of sp³-hybridized carbons (Fsp3) is 0.214. The van der Waals surface area contributed by atoms with Crippen LogP contribution in [0.25, 0.3) is 0 Å². The lowest BCUT2D eigenvalue weighted by atomic mass is 10.2. The van der Waals surface area contributed by atoms with Crippen molar-refractivity contribution in [2.24, 2.45) is 0 Å². The first-order valence-corrected chi connectivity index (χ1v) is 6.84. The van der Waals surface area contributed by atoms with Gasteiger partial charge in [0.1, 0.15) is 11.6 Å². The van der Waals surface area contributed by atoms with E-state index in [9.17, 15) is 9.18 Å². The topological polar surface area (TPSA) is 49.3 Å². The van der Waals surface area contributed by atoms with E-state index in [1.54, 1.807) is 11.3 Å². The number of nitrogens with one attached hydrogen (secondary N) is 1. The molecule has 0 saturated carbocycles. The Morgan fingerprint density at radius 2 is 2.21 bits per heavy atom. The quantitative estimate of drug-likeness (QED) is 0.822. The monoisotopic (exact) mass is 279 g/mol. The van der Waals surface area contributed by atoms with E-state index < -0.39 is 5.82 Å². The third-order valence-electron chi connectivity index (χ3n) is 2.63. The molecule has 3 nitrogen and oxygen atoms in total. The Balaban J connectivity index is 1.80. The molecule has 2 aromatic rings. The van der Waals surface area contributed by atoms with Crippen LogP contribution in [-0.2, 0) is 11.2 Å². The van der Waals surface area contributed by atoms with Crippen molar-refractivity contribution in [2.75, 3.05) is 5.32 Å². The van der Waals surface area contributed by atoms with Crippen LogP contribution in [-0.4, -0.2) is 11.0 Å². The summed E-state index contributed by atoms with van der Waals surface area (Å²) in [6.07, 6.45) is 1.92. The van der Waals surface area contributed by atoms with E-state index in [2.05, 4.69) is 5.32 Å². The Bertz CT molecular complexity index is 555. The van der Waals surface area contributed by atoms with Crippen LogP contribution in [0.15, 0.2) is 35.7 Å². The van der Waals surface area contributed by atoms with Crippen LogP contribution >= 0.6 is 11.3 Å². The highest BCUT2D eigenvalue weighted by atomic mass is 32.1. The molecule has 19 heavy (non-hydrogen) atoms. The molecule has 0 aliphatic rings. The molecule has 1 aromatic carbocycles. The third kappa shape index (κ3) is 4.06. The predicted molar refractivity (Wildman–Crippen MR) is 74.0 cm³/mol. The number of anilines is 1. The van der Waals surface area contributed by atoms with Gasteiger partial charge in [-0.05, 0) is 36.4 Å². The molecule has 0 saturated heterocycles. The van der Waals surface area contributed by atoms with Gasteiger partial charge in [-0.15, -0.1) is 11.3 Å². The van der Waals surface area contributed by atoms with Crippen LogP contribution in [0.4, 0.5) is 10.1 Å². The average Bonchev–Trinajstić information content (AvgIpc) is 2.86. The Morgan fingerprint density at radius 1 is 1.37 bits per heavy atom. The molecule has 2 N–H and O–H groups in total. The molecule has 0 aliphatic heterocycles. The lowest BCUT2D eigenvalue weighted by molar-refractivity contribution is -0.116. The van der Waals surface area contributed by atoms with E-state index in [-0.39, 0.29) is 17.3 Å². The fourth-order valence-corrected chi connectivity index (χ4v) is 2.45. The van der Waals surface area contributed by atoms with Gasteiger partial charge in [0.2, 0.25) is 5.91 Å². The summed E-state index contributed by atoms with van der Waals surface area (Å²) < 4.78 is 13.4. The zero-order valence-corrected chi connectivity index (χ0v) is 11.0. The van der Waals surface area contributed by atoms with E-state index in [1.165, 1.54) is 17.0 Å². The summed E-state index contributed by atoms with van der Waals surface area (Å²) in [5.41, 5.74) is 0.0962.